The number of hydrogen-bond donors (Lipinski definition) is 2. The van der Waals surface area contributed by atoms with Gasteiger partial charge in [-0.2, -0.15) is 13.2 Å². The van der Waals surface area contributed by atoms with Crippen LogP contribution in [0.5, 0.6) is 5.75 Å². The number of methoxy groups -OCH3 is 1. The number of alkyl halides is 3. The van der Waals surface area contributed by atoms with Crippen molar-refractivity contribution in [2.45, 2.75) is 25.7 Å². The summed E-state index contributed by atoms with van der Waals surface area (Å²) >= 11 is 6.01. The highest BCUT2D eigenvalue weighted by atomic mass is 35.5. The molecule has 0 bridgehead atoms. The van der Waals surface area contributed by atoms with E-state index in [0.717, 1.165) is 6.07 Å². The number of nitrogens with zero attached hydrogens (tertiary/aromatic N) is 2. The van der Waals surface area contributed by atoms with Gasteiger partial charge in [0.1, 0.15) is 22.8 Å². The molecule has 12 heteroatoms. The third kappa shape index (κ3) is 4.84. The van der Waals surface area contributed by atoms with Gasteiger partial charge in [-0.3, -0.25) is 4.79 Å². The predicted octanol–water partition coefficient (Wildman–Crippen LogP) is 5.66. The fourth-order valence-electron chi connectivity index (χ4n) is 3.57. The summed E-state index contributed by atoms with van der Waals surface area (Å²) in [6.45, 7) is 1.35. The predicted molar refractivity (Wildman–Crippen MR) is 124 cm³/mol. The van der Waals surface area contributed by atoms with Gasteiger partial charge < -0.3 is 20.2 Å². The number of pyridine rings is 1. The maximum absolute atomic E-state index is 14.1. The number of fused-ring (bicyclic) bond motifs is 1. The van der Waals surface area contributed by atoms with Gasteiger partial charge in [0.15, 0.2) is 11.5 Å². The molecule has 2 aromatic carbocycles. The van der Waals surface area contributed by atoms with Crippen LogP contribution in [0.3, 0.4) is 0 Å². The molecule has 188 valence electrons. The molecule has 0 fully saturated rings. The lowest BCUT2D eigenvalue weighted by molar-refractivity contribution is -0.140. The molecule has 0 radical (unpaired) electrons. The van der Waals surface area contributed by atoms with E-state index in [9.17, 15) is 22.4 Å². The Bertz CT molecular complexity index is 1430. The lowest BCUT2D eigenvalue weighted by Gasteiger charge is -2.11. The van der Waals surface area contributed by atoms with E-state index < -0.39 is 29.6 Å². The van der Waals surface area contributed by atoms with E-state index in [1.165, 1.54) is 43.5 Å². The van der Waals surface area contributed by atoms with Crippen LogP contribution >= 0.6 is 11.6 Å². The summed E-state index contributed by atoms with van der Waals surface area (Å²) in [6, 6.07) is 8.36. The quantitative estimate of drug-likeness (QED) is 0.317. The van der Waals surface area contributed by atoms with E-state index in [1.54, 1.807) is 6.92 Å². The molecule has 4 rings (SSSR count). The molecule has 0 unspecified atom stereocenters. The molecule has 0 saturated carbocycles. The summed E-state index contributed by atoms with van der Waals surface area (Å²) in [6.07, 6.45) is -4.66. The molecular weight excluding hydrogens is 504 g/mol. The van der Waals surface area contributed by atoms with Crippen LogP contribution in [0.4, 0.5) is 17.6 Å². The van der Waals surface area contributed by atoms with Crippen LogP contribution in [0.25, 0.3) is 22.4 Å². The first kappa shape index (κ1) is 25.4. The number of nitrogens with one attached hydrogen (secondary N) is 1. The molecule has 1 amide bonds. The topological polar surface area (TPSA) is 103 Å². The summed E-state index contributed by atoms with van der Waals surface area (Å²) in [7, 11) is 1.31. The summed E-state index contributed by atoms with van der Waals surface area (Å²) in [5, 5.41) is 2.93. The average Bonchev–Trinajstić information content (AvgIpc) is 3.28. The first-order valence-electron chi connectivity index (χ1n) is 10.5. The van der Waals surface area contributed by atoms with Crippen molar-refractivity contribution >= 4 is 28.4 Å². The Balaban J connectivity index is 1.75. The molecule has 0 aliphatic carbocycles. The highest BCUT2D eigenvalue weighted by Crippen LogP contribution is 2.37. The number of benzene rings is 2. The van der Waals surface area contributed by atoms with Crippen LogP contribution in [0.15, 0.2) is 46.9 Å². The fourth-order valence-corrected chi connectivity index (χ4v) is 3.80. The van der Waals surface area contributed by atoms with Crippen LogP contribution in [-0.4, -0.2) is 23.0 Å². The van der Waals surface area contributed by atoms with Crippen LogP contribution in [-0.2, 0) is 12.7 Å². The van der Waals surface area contributed by atoms with Crippen molar-refractivity contribution in [3.63, 3.8) is 0 Å². The number of carbonyl (C=O) groups is 1. The first-order valence-corrected chi connectivity index (χ1v) is 10.9. The minimum atomic E-state index is -4.66. The van der Waals surface area contributed by atoms with Crippen LogP contribution in [0.1, 0.15) is 40.5 Å². The normalized spacial score (nSPS) is 12.6. The Hall–Kier alpha value is -3.70. The second-order valence-corrected chi connectivity index (χ2v) is 8.22. The zero-order valence-corrected chi connectivity index (χ0v) is 19.7. The Morgan fingerprint density at radius 2 is 1.94 bits per heavy atom. The Labute approximate surface area is 207 Å². The Kier molecular flexibility index (Phi) is 6.87. The zero-order valence-electron chi connectivity index (χ0n) is 18.9. The molecule has 7 nitrogen and oxygen atoms in total. The summed E-state index contributed by atoms with van der Waals surface area (Å²) in [5.41, 5.74) is 5.01. The highest BCUT2D eigenvalue weighted by molar-refractivity contribution is 6.31. The largest absolute Gasteiger partial charge is 0.494 e. The fraction of sp³-hybridized carbons (Fsp3) is 0.208. The Morgan fingerprint density at radius 3 is 2.58 bits per heavy atom. The molecule has 0 spiro atoms. The van der Waals surface area contributed by atoms with Crippen LogP contribution < -0.4 is 15.8 Å². The standard InChI is InChI=1S/C24H19ClF4N4O3/c1-11(30)21-20(22(34)31-10-14-15(25)4-3-5-16(14)26)33-23(36-21)13-6-8-17(35-2)19-12(13)7-9-18(32-19)24(27,28)29/h3-9,11H,10,30H2,1-2H3,(H,31,34)/t11-/m0/s1. The van der Waals surface area contributed by atoms with E-state index in [-0.39, 0.29) is 56.7 Å². The molecule has 3 N–H and O–H groups in total. The zero-order chi connectivity index (χ0) is 26.2. The molecule has 2 heterocycles. The van der Waals surface area contributed by atoms with E-state index >= 15 is 0 Å². The van der Waals surface area contributed by atoms with Gasteiger partial charge in [-0.05, 0) is 43.3 Å². The number of ether oxygens (including phenoxy) is 1. The van der Waals surface area contributed by atoms with Gasteiger partial charge in [-0.1, -0.05) is 17.7 Å². The van der Waals surface area contributed by atoms with E-state index in [1.807, 2.05) is 0 Å². The third-order valence-electron chi connectivity index (χ3n) is 5.33. The second-order valence-electron chi connectivity index (χ2n) is 7.81. The van der Waals surface area contributed by atoms with E-state index in [4.69, 9.17) is 26.5 Å². The highest BCUT2D eigenvalue weighted by Gasteiger charge is 2.33. The van der Waals surface area contributed by atoms with Crippen molar-refractivity contribution in [2.75, 3.05) is 7.11 Å². The molecule has 36 heavy (non-hydrogen) atoms. The van der Waals surface area contributed by atoms with E-state index in [2.05, 4.69) is 15.3 Å². The van der Waals surface area contributed by atoms with Gasteiger partial charge in [0.25, 0.3) is 5.91 Å². The molecule has 0 aliphatic heterocycles. The lowest BCUT2D eigenvalue weighted by atomic mass is 10.1. The maximum atomic E-state index is 14.1. The van der Waals surface area contributed by atoms with Crippen molar-refractivity contribution in [3.05, 3.63) is 76.0 Å². The molecule has 2 aromatic heterocycles. The smallest absolute Gasteiger partial charge is 0.433 e. The maximum Gasteiger partial charge on any atom is 0.433 e. The number of hydrogen-bond acceptors (Lipinski definition) is 6. The Morgan fingerprint density at radius 1 is 1.19 bits per heavy atom. The van der Waals surface area contributed by atoms with Gasteiger partial charge in [-0.25, -0.2) is 14.4 Å². The van der Waals surface area contributed by atoms with Crippen molar-refractivity contribution in [3.8, 4) is 17.2 Å². The van der Waals surface area contributed by atoms with Crippen molar-refractivity contribution in [1.29, 1.82) is 0 Å². The van der Waals surface area contributed by atoms with Crippen LogP contribution in [0.2, 0.25) is 5.02 Å². The van der Waals surface area contributed by atoms with Gasteiger partial charge in [0.05, 0.1) is 13.2 Å². The lowest BCUT2D eigenvalue weighted by Crippen LogP contribution is -2.26. The minimum Gasteiger partial charge on any atom is -0.494 e. The van der Waals surface area contributed by atoms with E-state index in [0.29, 0.717) is 0 Å². The monoisotopic (exact) mass is 522 g/mol. The molecule has 0 aliphatic rings. The van der Waals surface area contributed by atoms with Crippen LogP contribution in [0, 0.1) is 5.82 Å². The number of aromatic nitrogens is 2. The number of oxazole rings is 1. The second kappa shape index (κ2) is 9.75. The van der Waals surface area contributed by atoms with Gasteiger partial charge >= 0.3 is 6.18 Å². The molecule has 0 saturated heterocycles. The molecule has 4 aromatic rings. The molecule has 1 atom stereocenters. The molecular formula is C24H19ClF4N4O3. The summed E-state index contributed by atoms with van der Waals surface area (Å²) < 4.78 is 64.7. The number of carbonyl (C=O) groups excluding carboxylic acids is 1. The van der Waals surface area contributed by atoms with Gasteiger partial charge in [-0.15, -0.1) is 0 Å². The first-order chi connectivity index (χ1) is 17.0. The third-order valence-corrected chi connectivity index (χ3v) is 5.68. The number of nitrogens with two attached hydrogens (primary N) is 1. The SMILES string of the molecule is COc1ccc(-c2nc(C(=O)NCc3c(F)cccc3Cl)c([C@H](C)N)o2)c2ccc(C(F)(F)F)nc12. The number of amides is 1. The van der Waals surface area contributed by atoms with Gasteiger partial charge in [0, 0.05) is 28.1 Å². The average molecular weight is 523 g/mol. The number of rotatable bonds is 6. The van der Waals surface area contributed by atoms with Crippen molar-refractivity contribution in [1.82, 2.24) is 15.3 Å². The van der Waals surface area contributed by atoms with Crippen molar-refractivity contribution in [2.24, 2.45) is 5.73 Å². The summed E-state index contributed by atoms with van der Waals surface area (Å²) in [4.78, 5) is 20.9. The summed E-state index contributed by atoms with van der Waals surface area (Å²) in [5.74, 6) is -1.21. The minimum absolute atomic E-state index is 0.0333. The van der Waals surface area contributed by atoms with Gasteiger partial charge in [0.2, 0.25) is 5.89 Å². The van der Waals surface area contributed by atoms with Crippen molar-refractivity contribution < 1.29 is 31.5 Å². The number of halogens is 5.